The van der Waals surface area contributed by atoms with Crippen molar-refractivity contribution in [2.75, 3.05) is 0 Å². The van der Waals surface area contributed by atoms with E-state index < -0.39 is 5.97 Å². The van der Waals surface area contributed by atoms with Gasteiger partial charge in [-0.2, -0.15) is 0 Å². The molecule has 0 spiro atoms. The first-order chi connectivity index (χ1) is 11.2. The van der Waals surface area contributed by atoms with Crippen LogP contribution in [0.5, 0.6) is 0 Å². The highest BCUT2D eigenvalue weighted by atomic mass is 16.4. The fourth-order valence-electron chi connectivity index (χ4n) is 2.59. The molecule has 0 aliphatic carbocycles. The van der Waals surface area contributed by atoms with E-state index in [4.69, 9.17) is 5.11 Å². The number of hydrogen-bond donors (Lipinski definition) is 1. The lowest BCUT2D eigenvalue weighted by Gasteiger charge is -2.13. The molecular weight excluding hydrogens is 284 g/mol. The quantitative estimate of drug-likeness (QED) is 0.726. The number of aromatic carboxylic acids is 1. The minimum atomic E-state index is -0.924. The van der Waals surface area contributed by atoms with Crippen LogP contribution in [-0.2, 0) is 0 Å². The van der Waals surface area contributed by atoms with Gasteiger partial charge in [-0.3, -0.25) is 0 Å². The summed E-state index contributed by atoms with van der Waals surface area (Å²) in [5, 5.41) is 9.00. The normalized spacial score (nSPS) is 10.3. The summed E-state index contributed by atoms with van der Waals surface area (Å²) in [7, 11) is 0. The highest BCUT2D eigenvalue weighted by molar-refractivity contribution is 5.90. The van der Waals surface area contributed by atoms with Crippen LogP contribution in [-0.4, -0.2) is 11.1 Å². The molecule has 0 saturated carbocycles. The fourth-order valence-corrected chi connectivity index (χ4v) is 2.59. The third kappa shape index (κ3) is 3.06. The van der Waals surface area contributed by atoms with Gasteiger partial charge in [0.1, 0.15) is 0 Å². The van der Waals surface area contributed by atoms with E-state index in [2.05, 4.69) is 24.8 Å². The Hall–Kier alpha value is -3.13. The lowest BCUT2D eigenvalue weighted by molar-refractivity contribution is 0.0697. The average Bonchev–Trinajstić information content (AvgIpc) is 2.62. The maximum absolute atomic E-state index is 11.0. The van der Waals surface area contributed by atoms with E-state index >= 15 is 0 Å². The Morgan fingerprint density at radius 3 is 1.96 bits per heavy atom. The standard InChI is InChI=1S/C21H16O2/c1-15(16-11-13-18(14-12-16)21(22)23)19-9-5-6-10-20(19)17-7-3-2-4-8-17/h2-14H,1H2,(H,22,23). The second-order valence-corrected chi connectivity index (χ2v) is 5.27. The zero-order valence-electron chi connectivity index (χ0n) is 12.6. The molecule has 0 aliphatic rings. The Bertz CT molecular complexity index is 847. The van der Waals surface area contributed by atoms with Gasteiger partial charge in [0.25, 0.3) is 0 Å². The molecule has 2 nitrogen and oxygen atoms in total. The van der Waals surface area contributed by atoms with Crippen LogP contribution in [0.25, 0.3) is 16.7 Å². The van der Waals surface area contributed by atoms with Crippen LogP contribution in [0.2, 0.25) is 0 Å². The monoisotopic (exact) mass is 300 g/mol. The van der Waals surface area contributed by atoms with Crippen molar-refractivity contribution in [2.45, 2.75) is 0 Å². The van der Waals surface area contributed by atoms with E-state index in [0.29, 0.717) is 0 Å². The molecule has 0 amide bonds. The first-order valence-corrected chi connectivity index (χ1v) is 7.34. The minimum absolute atomic E-state index is 0.276. The molecule has 0 aromatic heterocycles. The summed E-state index contributed by atoms with van der Waals surface area (Å²) in [6.45, 7) is 4.21. The molecule has 1 N–H and O–H groups in total. The summed E-state index contributed by atoms with van der Waals surface area (Å²) in [5.41, 5.74) is 5.35. The van der Waals surface area contributed by atoms with Crippen LogP contribution in [0, 0.1) is 0 Å². The van der Waals surface area contributed by atoms with Crippen molar-refractivity contribution >= 4 is 11.5 Å². The predicted octanol–water partition coefficient (Wildman–Crippen LogP) is 5.11. The molecule has 3 rings (SSSR count). The number of carbonyl (C=O) groups is 1. The van der Waals surface area contributed by atoms with Crippen LogP contribution >= 0.6 is 0 Å². The molecule has 0 bridgehead atoms. The molecule has 0 fully saturated rings. The van der Waals surface area contributed by atoms with Gasteiger partial charge in [0.15, 0.2) is 0 Å². The summed E-state index contributed by atoms with van der Waals surface area (Å²) in [4.78, 5) is 11.0. The predicted molar refractivity (Wildman–Crippen MR) is 93.4 cm³/mol. The lowest BCUT2D eigenvalue weighted by Crippen LogP contribution is -1.96. The second-order valence-electron chi connectivity index (χ2n) is 5.27. The van der Waals surface area contributed by atoms with Crippen molar-refractivity contribution in [1.82, 2.24) is 0 Å². The number of hydrogen-bond acceptors (Lipinski definition) is 1. The molecular formula is C21H16O2. The van der Waals surface area contributed by atoms with Gasteiger partial charge in [0, 0.05) is 0 Å². The zero-order chi connectivity index (χ0) is 16.2. The summed E-state index contributed by atoms with van der Waals surface area (Å²) >= 11 is 0. The van der Waals surface area contributed by atoms with E-state index in [-0.39, 0.29) is 5.56 Å². The number of benzene rings is 3. The summed E-state index contributed by atoms with van der Waals surface area (Å²) in [5.74, 6) is -0.924. The molecule has 2 heteroatoms. The molecule has 3 aromatic carbocycles. The van der Waals surface area contributed by atoms with Crippen molar-refractivity contribution in [3.8, 4) is 11.1 Å². The number of carboxylic acid groups (broad SMARTS) is 1. The van der Waals surface area contributed by atoms with E-state index in [1.807, 2.05) is 36.4 Å². The topological polar surface area (TPSA) is 37.3 Å². The SMILES string of the molecule is C=C(c1ccc(C(=O)O)cc1)c1ccccc1-c1ccccc1. The van der Waals surface area contributed by atoms with Crippen molar-refractivity contribution in [1.29, 1.82) is 0 Å². The van der Waals surface area contributed by atoms with E-state index in [1.165, 1.54) is 0 Å². The Kier molecular flexibility index (Phi) is 4.07. The lowest BCUT2D eigenvalue weighted by atomic mass is 9.91. The first-order valence-electron chi connectivity index (χ1n) is 7.34. The Labute approximate surface area is 135 Å². The summed E-state index contributed by atoms with van der Waals surface area (Å²) in [6.07, 6.45) is 0. The molecule has 0 heterocycles. The van der Waals surface area contributed by atoms with Crippen LogP contribution in [0.15, 0.2) is 85.4 Å². The number of rotatable bonds is 4. The van der Waals surface area contributed by atoms with Gasteiger partial charge >= 0.3 is 5.97 Å². The van der Waals surface area contributed by atoms with Gasteiger partial charge in [0.05, 0.1) is 5.56 Å². The van der Waals surface area contributed by atoms with Gasteiger partial charge < -0.3 is 5.11 Å². The van der Waals surface area contributed by atoms with Crippen molar-refractivity contribution < 1.29 is 9.90 Å². The summed E-state index contributed by atoms with van der Waals surface area (Å²) in [6, 6.07) is 25.1. The molecule has 112 valence electrons. The smallest absolute Gasteiger partial charge is 0.335 e. The van der Waals surface area contributed by atoms with Crippen LogP contribution in [0.4, 0.5) is 0 Å². The third-order valence-electron chi connectivity index (χ3n) is 3.82. The molecule has 0 atom stereocenters. The highest BCUT2D eigenvalue weighted by Gasteiger charge is 2.10. The summed E-state index contributed by atoms with van der Waals surface area (Å²) < 4.78 is 0. The van der Waals surface area contributed by atoms with Crippen LogP contribution in [0.3, 0.4) is 0 Å². The zero-order valence-corrected chi connectivity index (χ0v) is 12.6. The number of carboxylic acids is 1. The Morgan fingerprint density at radius 1 is 0.739 bits per heavy atom. The van der Waals surface area contributed by atoms with Crippen LogP contribution < -0.4 is 0 Å². The first kappa shape index (κ1) is 14.8. The third-order valence-corrected chi connectivity index (χ3v) is 3.82. The van der Waals surface area contributed by atoms with E-state index in [0.717, 1.165) is 27.8 Å². The molecule has 0 unspecified atom stereocenters. The molecule has 0 radical (unpaired) electrons. The molecule has 0 aliphatic heterocycles. The largest absolute Gasteiger partial charge is 0.478 e. The molecule has 3 aromatic rings. The second kappa shape index (κ2) is 6.32. The van der Waals surface area contributed by atoms with Crippen molar-refractivity contribution in [3.63, 3.8) is 0 Å². The Balaban J connectivity index is 2.02. The van der Waals surface area contributed by atoms with Crippen molar-refractivity contribution in [3.05, 3.63) is 102 Å². The minimum Gasteiger partial charge on any atom is -0.478 e. The van der Waals surface area contributed by atoms with Gasteiger partial charge in [-0.1, -0.05) is 73.3 Å². The van der Waals surface area contributed by atoms with Crippen molar-refractivity contribution in [2.24, 2.45) is 0 Å². The van der Waals surface area contributed by atoms with Gasteiger partial charge in [-0.05, 0) is 40.0 Å². The molecule has 0 saturated heterocycles. The van der Waals surface area contributed by atoms with E-state index in [1.54, 1.807) is 24.3 Å². The van der Waals surface area contributed by atoms with Gasteiger partial charge in [0.2, 0.25) is 0 Å². The van der Waals surface area contributed by atoms with Gasteiger partial charge in [-0.25, -0.2) is 4.79 Å². The van der Waals surface area contributed by atoms with E-state index in [9.17, 15) is 4.79 Å². The highest BCUT2D eigenvalue weighted by Crippen LogP contribution is 2.31. The average molecular weight is 300 g/mol. The van der Waals surface area contributed by atoms with Crippen LogP contribution in [0.1, 0.15) is 21.5 Å². The molecule has 23 heavy (non-hydrogen) atoms. The van der Waals surface area contributed by atoms with Gasteiger partial charge in [-0.15, -0.1) is 0 Å². The maximum atomic E-state index is 11.0. The fraction of sp³-hybridized carbons (Fsp3) is 0. The Morgan fingerprint density at radius 2 is 1.30 bits per heavy atom. The maximum Gasteiger partial charge on any atom is 0.335 e.